The van der Waals surface area contributed by atoms with E-state index in [9.17, 15) is 0 Å². The largest absolute Gasteiger partial charge is 0.356 e. The molecule has 0 amide bonds. The zero-order valence-corrected chi connectivity index (χ0v) is 21.4. The highest BCUT2D eigenvalue weighted by Gasteiger charge is 2.25. The zero-order chi connectivity index (χ0) is 20.8. The average molecular weight is 524 g/mol. The Morgan fingerprint density at radius 3 is 2.33 bits per heavy atom. The minimum Gasteiger partial charge on any atom is -0.356 e. The Balaban J connectivity index is 0.00000320. The first kappa shape index (κ1) is 24.7. The number of hydrogen-bond acceptors (Lipinski definition) is 3. The van der Waals surface area contributed by atoms with E-state index in [1.165, 1.54) is 16.8 Å². The molecule has 1 unspecified atom stereocenters. The van der Waals surface area contributed by atoms with E-state index in [1.807, 2.05) is 18.8 Å². The number of guanidine groups is 1. The van der Waals surface area contributed by atoms with Crippen molar-refractivity contribution in [3.63, 3.8) is 0 Å². The summed E-state index contributed by atoms with van der Waals surface area (Å²) < 4.78 is 1.97. The summed E-state index contributed by atoms with van der Waals surface area (Å²) in [5, 5.41) is 8.08. The number of nitrogens with zero attached hydrogens (tertiary/aromatic N) is 5. The van der Waals surface area contributed by atoms with Crippen molar-refractivity contribution < 1.29 is 0 Å². The number of rotatable bonds is 6. The third kappa shape index (κ3) is 5.75. The van der Waals surface area contributed by atoms with Gasteiger partial charge in [-0.3, -0.25) is 14.6 Å². The van der Waals surface area contributed by atoms with Crippen molar-refractivity contribution >= 4 is 29.9 Å². The van der Waals surface area contributed by atoms with Gasteiger partial charge >= 0.3 is 0 Å². The van der Waals surface area contributed by atoms with Crippen LogP contribution in [-0.2, 0) is 13.5 Å². The fraction of sp³-hybridized carbons (Fsp3) is 0.565. The lowest BCUT2D eigenvalue weighted by Gasteiger charge is -2.40. The number of aryl methyl sites for hydroxylation is 2. The van der Waals surface area contributed by atoms with Crippen LogP contribution in [0, 0.1) is 13.8 Å². The normalized spacial score (nSPS) is 16.3. The number of nitrogens with one attached hydrogen (secondary N) is 1. The summed E-state index contributed by atoms with van der Waals surface area (Å²) in [6.07, 6.45) is 2.11. The van der Waals surface area contributed by atoms with Crippen LogP contribution in [0.15, 0.2) is 35.3 Å². The molecule has 7 heteroatoms. The molecule has 1 aliphatic heterocycles. The van der Waals surface area contributed by atoms with Crippen LogP contribution in [0.4, 0.5) is 0 Å². The molecule has 30 heavy (non-hydrogen) atoms. The van der Waals surface area contributed by atoms with E-state index in [2.05, 4.69) is 76.3 Å². The molecule has 1 N–H and O–H groups in total. The topological polar surface area (TPSA) is 48.7 Å². The maximum absolute atomic E-state index is 4.53. The van der Waals surface area contributed by atoms with Crippen molar-refractivity contribution in [2.75, 3.05) is 39.8 Å². The van der Waals surface area contributed by atoms with Crippen molar-refractivity contribution in [2.45, 2.75) is 39.7 Å². The standard InChI is InChI=1S/C23H36N6.HI/c1-6-22(20-10-8-7-9-11-20)28-14-16-29(17-15-28)23(24-4)25-13-12-21-18(2)26-27(5)19(21)3;/h7-11,22H,6,12-17H2,1-5H3,(H,24,25);1H. The van der Waals surface area contributed by atoms with Gasteiger partial charge in [0.25, 0.3) is 0 Å². The van der Waals surface area contributed by atoms with Gasteiger partial charge in [-0.25, -0.2) is 0 Å². The Kier molecular flexibility index (Phi) is 9.61. The van der Waals surface area contributed by atoms with Crippen molar-refractivity contribution in [3.8, 4) is 0 Å². The van der Waals surface area contributed by atoms with Gasteiger partial charge in [0.2, 0.25) is 0 Å². The van der Waals surface area contributed by atoms with Crippen LogP contribution in [0.3, 0.4) is 0 Å². The van der Waals surface area contributed by atoms with Gasteiger partial charge in [-0.2, -0.15) is 5.10 Å². The van der Waals surface area contributed by atoms with Gasteiger partial charge in [0.1, 0.15) is 0 Å². The molecule has 1 aromatic carbocycles. The van der Waals surface area contributed by atoms with E-state index in [0.717, 1.165) is 57.2 Å². The zero-order valence-electron chi connectivity index (χ0n) is 19.1. The van der Waals surface area contributed by atoms with E-state index in [1.54, 1.807) is 0 Å². The van der Waals surface area contributed by atoms with Gasteiger partial charge in [0.05, 0.1) is 5.69 Å². The SMILES string of the molecule is CCC(c1ccccc1)N1CCN(C(=NC)NCCc2c(C)nn(C)c2C)CC1.I. The molecule has 0 bridgehead atoms. The molecule has 6 nitrogen and oxygen atoms in total. The van der Waals surface area contributed by atoms with E-state index >= 15 is 0 Å². The van der Waals surface area contributed by atoms with Crippen molar-refractivity contribution in [2.24, 2.45) is 12.0 Å². The van der Waals surface area contributed by atoms with E-state index < -0.39 is 0 Å². The second-order valence-corrected chi connectivity index (χ2v) is 7.85. The van der Waals surface area contributed by atoms with Crippen LogP contribution in [0.25, 0.3) is 0 Å². The Labute approximate surface area is 198 Å². The van der Waals surface area contributed by atoms with Gasteiger partial charge in [0, 0.05) is 58.6 Å². The molecule has 1 fully saturated rings. The lowest BCUT2D eigenvalue weighted by Crippen LogP contribution is -2.53. The minimum atomic E-state index is 0. The fourth-order valence-electron chi connectivity index (χ4n) is 4.44. The first-order valence-corrected chi connectivity index (χ1v) is 10.8. The van der Waals surface area contributed by atoms with Crippen LogP contribution in [0.5, 0.6) is 0 Å². The predicted molar refractivity (Wildman–Crippen MR) is 136 cm³/mol. The molecule has 2 aromatic rings. The first-order valence-electron chi connectivity index (χ1n) is 10.8. The van der Waals surface area contributed by atoms with E-state index in [0.29, 0.717) is 6.04 Å². The number of piperazine rings is 1. The Hall–Kier alpha value is -1.61. The summed E-state index contributed by atoms with van der Waals surface area (Å²) >= 11 is 0. The number of hydrogen-bond donors (Lipinski definition) is 1. The summed E-state index contributed by atoms with van der Waals surface area (Å²) in [5.41, 5.74) is 5.14. The predicted octanol–water partition coefficient (Wildman–Crippen LogP) is 3.54. The molecular weight excluding hydrogens is 487 g/mol. The van der Waals surface area contributed by atoms with Gasteiger partial charge in [-0.05, 0) is 37.8 Å². The highest BCUT2D eigenvalue weighted by atomic mass is 127. The van der Waals surface area contributed by atoms with E-state index in [4.69, 9.17) is 0 Å². The maximum atomic E-state index is 4.53. The third-order valence-electron chi connectivity index (χ3n) is 6.15. The number of benzene rings is 1. The minimum absolute atomic E-state index is 0. The van der Waals surface area contributed by atoms with Crippen LogP contribution >= 0.6 is 24.0 Å². The quantitative estimate of drug-likeness (QED) is 0.357. The summed E-state index contributed by atoms with van der Waals surface area (Å²) in [6.45, 7) is 11.5. The van der Waals surface area contributed by atoms with Gasteiger partial charge < -0.3 is 10.2 Å². The average Bonchev–Trinajstić information content (AvgIpc) is 2.99. The monoisotopic (exact) mass is 524 g/mol. The Bertz CT molecular complexity index is 809. The van der Waals surface area contributed by atoms with Gasteiger partial charge in [-0.15, -0.1) is 24.0 Å². The second kappa shape index (κ2) is 11.7. The molecule has 0 spiro atoms. The molecule has 1 aromatic heterocycles. The molecule has 1 aliphatic rings. The van der Waals surface area contributed by atoms with Crippen LogP contribution in [0.2, 0.25) is 0 Å². The summed E-state index contributed by atoms with van der Waals surface area (Å²) in [7, 11) is 3.89. The molecule has 0 saturated carbocycles. The maximum Gasteiger partial charge on any atom is 0.193 e. The highest BCUT2D eigenvalue weighted by Crippen LogP contribution is 2.25. The van der Waals surface area contributed by atoms with Gasteiger partial charge in [0.15, 0.2) is 5.96 Å². The van der Waals surface area contributed by atoms with Crippen LogP contribution in [0.1, 0.15) is 41.9 Å². The number of aromatic nitrogens is 2. The molecule has 166 valence electrons. The molecule has 3 rings (SSSR count). The molecular formula is C23H37IN6. The molecule has 0 aliphatic carbocycles. The van der Waals surface area contributed by atoms with Crippen LogP contribution in [-0.4, -0.2) is 65.3 Å². The van der Waals surface area contributed by atoms with Crippen molar-refractivity contribution in [1.82, 2.24) is 24.9 Å². The number of halogens is 1. The van der Waals surface area contributed by atoms with Crippen LogP contribution < -0.4 is 5.32 Å². The highest BCUT2D eigenvalue weighted by molar-refractivity contribution is 14.0. The van der Waals surface area contributed by atoms with Gasteiger partial charge in [-0.1, -0.05) is 37.3 Å². The Morgan fingerprint density at radius 1 is 1.13 bits per heavy atom. The summed E-state index contributed by atoms with van der Waals surface area (Å²) in [4.78, 5) is 9.53. The van der Waals surface area contributed by atoms with Crippen molar-refractivity contribution in [3.05, 3.63) is 52.8 Å². The molecule has 1 atom stereocenters. The number of aliphatic imine (C=N–C) groups is 1. The second-order valence-electron chi connectivity index (χ2n) is 7.85. The van der Waals surface area contributed by atoms with Crippen molar-refractivity contribution in [1.29, 1.82) is 0 Å². The lowest BCUT2D eigenvalue weighted by atomic mass is 10.0. The smallest absolute Gasteiger partial charge is 0.193 e. The summed E-state index contributed by atoms with van der Waals surface area (Å²) in [6, 6.07) is 11.4. The first-order chi connectivity index (χ1) is 14.0. The molecule has 0 radical (unpaired) electrons. The third-order valence-corrected chi connectivity index (χ3v) is 6.15. The fourth-order valence-corrected chi connectivity index (χ4v) is 4.44. The lowest BCUT2D eigenvalue weighted by molar-refractivity contribution is 0.127. The van der Waals surface area contributed by atoms with E-state index in [-0.39, 0.29) is 24.0 Å². The Morgan fingerprint density at radius 2 is 1.80 bits per heavy atom. The molecule has 2 heterocycles. The summed E-state index contributed by atoms with van der Waals surface area (Å²) in [5.74, 6) is 1.01. The molecule has 1 saturated heterocycles.